The molecule has 2 N–H and O–H groups in total. The summed E-state index contributed by atoms with van der Waals surface area (Å²) in [6.07, 6.45) is -10.5. The minimum Gasteiger partial charge on any atom is -0.480 e. The fourth-order valence-electron chi connectivity index (χ4n) is 2.43. The van der Waals surface area contributed by atoms with Crippen LogP contribution in [0.5, 0.6) is 0 Å². The fraction of sp³-hybridized carbons (Fsp3) is 0.222. The Balaban J connectivity index is 2.35. The molecule has 29 heavy (non-hydrogen) atoms. The molecule has 1 atom stereocenters. The van der Waals surface area contributed by atoms with Gasteiger partial charge in [-0.2, -0.15) is 26.3 Å². The molecule has 0 aliphatic rings. The molecular formula is C18H12BrF6NO3. The van der Waals surface area contributed by atoms with Gasteiger partial charge in [0.2, 0.25) is 0 Å². The van der Waals surface area contributed by atoms with Crippen LogP contribution in [0.25, 0.3) is 0 Å². The lowest BCUT2D eigenvalue weighted by molar-refractivity contribution is -0.143. The Morgan fingerprint density at radius 3 is 1.97 bits per heavy atom. The standard InChI is InChI=1S/C18H12BrF6NO3/c19-13-3-1-2-9(4-13)5-14(16(28)29)26-15(27)10-6-11(17(20,21)22)8-12(7-10)18(23,24)25/h1-4,6-8,14H,5H2,(H,26,27)(H,28,29)/t14-/m1/s1. The molecule has 156 valence electrons. The molecule has 0 saturated heterocycles. The number of rotatable bonds is 5. The third-order valence-corrected chi connectivity index (χ3v) is 4.28. The molecule has 2 rings (SSSR count). The summed E-state index contributed by atoms with van der Waals surface area (Å²) in [5.74, 6) is -2.87. The summed E-state index contributed by atoms with van der Waals surface area (Å²) in [6, 6.07) is 5.17. The van der Waals surface area contributed by atoms with E-state index in [1.165, 1.54) is 0 Å². The number of hydrogen-bond donors (Lipinski definition) is 2. The van der Waals surface area contributed by atoms with Gasteiger partial charge in [0.1, 0.15) is 6.04 Å². The molecule has 4 nitrogen and oxygen atoms in total. The number of carbonyl (C=O) groups excluding carboxylic acids is 1. The lowest BCUT2D eigenvalue weighted by Crippen LogP contribution is -2.42. The van der Waals surface area contributed by atoms with Gasteiger partial charge < -0.3 is 10.4 Å². The van der Waals surface area contributed by atoms with Crippen molar-refractivity contribution >= 4 is 27.8 Å². The summed E-state index contributed by atoms with van der Waals surface area (Å²) in [5.41, 5.74) is -3.81. The van der Waals surface area contributed by atoms with Crippen LogP contribution in [0.4, 0.5) is 26.3 Å². The van der Waals surface area contributed by atoms with Gasteiger partial charge in [-0.3, -0.25) is 4.79 Å². The van der Waals surface area contributed by atoms with E-state index in [4.69, 9.17) is 0 Å². The molecule has 1 amide bonds. The number of amides is 1. The number of aliphatic carboxylic acids is 1. The predicted molar refractivity (Wildman–Crippen MR) is 93.2 cm³/mol. The molecule has 0 fully saturated rings. The number of halogens is 7. The summed E-state index contributed by atoms with van der Waals surface area (Å²) in [6.45, 7) is 0. The van der Waals surface area contributed by atoms with Gasteiger partial charge in [-0.15, -0.1) is 0 Å². The maximum Gasteiger partial charge on any atom is 0.416 e. The minimum atomic E-state index is -5.13. The maximum absolute atomic E-state index is 12.9. The van der Waals surface area contributed by atoms with Crippen molar-refractivity contribution < 1.29 is 41.0 Å². The van der Waals surface area contributed by atoms with Crippen molar-refractivity contribution in [2.24, 2.45) is 0 Å². The second-order valence-electron chi connectivity index (χ2n) is 5.99. The van der Waals surface area contributed by atoms with E-state index in [-0.39, 0.29) is 24.6 Å². The molecule has 0 radical (unpaired) electrons. The quantitative estimate of drug-likeness (QED) is 0.593. The Kier molecular flexibility index (Phi) is 6.61. The molecule has 11 heteroatoms. The van der Waals surface area contributed by atoms with Gasteiger partial charge in [0.25, 0.3) is 5.91 Å². The second-order valence-corrected chi connectivity index (χ2v) is 6.91. The minimum absolute atomic E-state index is 0.118. The molecule has 0 aromatic heterocycles. The van der Waals surface area contributed by atoms with E-state index in [1.54, 1.807) is 24.3 Å². The van der Waals surface area contributed by atoms with E-state index in [1.807, 2.05) is 5.32 Å². The van der Waals surface area contributed by atoms with Crippen LogP contribution in [0.1, 0.15) is 27.0 Å². The van der Waals surface area contributed by atoms with E-state index in [9.17, 15) is 41.0 Å². The van der Waals surface area contributed by atoms with E-state index in [2.05, 4.69) is 15.9 Å². The Hall–Kier alpha value is -2.56. The van der Waals surface area contributed by atoms with Gasteiger partial charge in [0.05, 0.1) is 11.1 Å². The predicted octanol–water partition coefficient (Wildman–Crippen LogP) is 4.91. The zero-order chi connectivity index (χ0) is 22.0. The first kappa shape index (κ1) is 22.7. The third-order valence-electron chi connectivity index (χ3n) is 3.78. The monoisotopic (exact) mass is 483 g/mol. The van der Waals surface area contributed by atoms with Gasteiger partial charge in [-0.25, -0.2) is 4.79 Å². The largest absolute Gasteiger partial charge is 0.480 e. The molecule has 0 aliphatic carbocycles. The highest BCUT2D eigenvalue weighted by Crippen LogP contribution is 2.36. The van der Waals surface area contributed by atoms with E-state index in [0.717, 1.165) is 0 Å². The van der Waals surface area contributed by atoms with E-state index in [0.29, 0.717) is 10.0 Å². The lowest BCUT2D eigenvalue weighted by atomic mass is 10.0. The van der Waals surface area contributed by atoms with Crippen molar-refractivity contribution in [1.29, 1.82) is 0 Å². The van der Waals surface area contributed by atoms with Crippen LogP contribution in [-0.4, -0.2) is 23.0 Å². The molecule has 0 spiro atoms. The van der Waals surface area contributed by atoms with Crippen LogP contribution in [0.3, 0.4) is 0 Å². The number of alkyl halides is 6. The Labute approximate surface area is 168 Å². The summed E-state index contributed by atoms with van der Waals surface area (Å²) in [5, 5.41) is 11.3. The van der Waals surface area contributed by atoms with Crippen molar-refractivity contribution in [2.75, 3.05) is 0 Å². The Morgan fingerprint density at radius 1 is 0.966 bits per heavy atom. The smallest absolute Gasteiger partial charge is 0.416 e. The second kappa shape index (κ2) is 8.44. The number of nitrogens with one attached hydrogen (secondary N) is 1. The number of carboxylic acid groups (broad SMARTS) is 1. The summed E-state index contributed by atoms with van der Waals surface area (Å²) < 4.78 is 78.1. The number of carbonyl (C=O) groups is 2. The van der Waals surface area contributed by atoms with Crippen LogP contribution in [0.2, 0.25) is 0 Å². The first-order valence-corrected chi connectivity index (χ1v) is 8.64. The van der Waals surface area contributed by atoms with Crippen molar-refractivity contribution in [1.82, 2.24) is 5.32 Å². The number of benzene rings is 2. The SMILES string of the molecule is O=C(N[C@H](Cc1cccc(Br)c1)C(=O)O)c1cc(C(F)(F)F)cc(C(F)(F)F)c1. The fourth-order valence-corrected chi connectivity index (χ4v) is 2.87. The van der Waals surface area contributed by atoms with Gasteiger partial charge in [-0.1, -0.05) is 28.1 Å². The first-order valence-electron chi connectivity index (χ1n) is 7.85. The maximum atomic E-state index is 12.9. The van der Waals surface area contributed by atoms with Gasteiger partial charge in [0, 0.05) is 16.5 Å². The molecule has 2 aromatic rings. The Bertz CT molecular complexity index is 894. The van der Waals surface area contributed by atoms with Gasteiger partial charge >= 0.3 is 18.3 Å². The third kappa shape index (κ3) is 6.21. The van der Waals surface area contributed by atoms with Crippen molar-refractivity contribution in [3.63, 3.8) is 0 Å². The van der Waals surface area contributed by atoms with Gasteiger partial charge in [0.15, 0.2) is 0 Å². The number of carboxylic acids is 1. The van der Waals surface area contributed by atoms with Crippen molar-refractivity contribution in [2.45, 2.75) is 24.8 Å². The molecule has 0 saturated carbocycles. The highest BCUT2D eigenvalue weighted by molar-refractivity contribution is 9.10. The molecule has 0 unspecified atom stereocenters. The molecule has 2 aromatic carbocycles. The molecule has 0 bridgehead atoms. The average Bonchev–Trinajstić information content (AvgIpc) is 2.59. The zero-order valence-corrected chi connectivity index (χ0v) is 15.8. The van der Waals surface area contributed by atoms with Crippen LogP contribution in [0.15, 0.2) is 46.9 Å². The normalized spacial score (nSPS) is 13.1. The van der Waals surface area contributed by atoms with Crippen molar-refractivity contribution in [3.8, 4) is 0 Å². The average molecular weight is 484 g/mol. The van der Waals surface area contributed by atoms with E-state index < -0.39 is 47.0 Å². The molecular weight excluding hydrogens is 472 g/mol. The lowest BCUT2D eigenvalue weighted by Gasteiger charge is -2.17. The Morgan fingerprint density at radius 2 is 1.52 bits per heavy atom. The summed E-state index contributed by atoms with van der Waals surface area (Å²) in [4.78, 5) is 23.7. The summed E-state index contributed by atoms with van der Waals surface area (Å²) in [7, 11) is 0. The van der Waals surface area contributed by atoms with Crippen LogP contribution in [0, 0.1) is 0 Å². The van der Waals surface area contributed by atoms with Crippen LogP contribution >= 0.6 is 15.9 Å². The molecule has 0 heterocycles. The topological polar surface area (TPSA) is 66.4 Å². The van der Waals surface area contributed by atoms with Crippen LogP contribution in [-0.2, 0) is 23.6 Å². The van der Waals surface area contributed by atoms with E-state index >= 15 is 0 Å². The number of hydrogen-bond acceptors (Lipinski definition) is 2. The zero-order valence-electron chi connectivity index (χ0n) is 14.2. The van der Waals surface area contributed by atoms with Crippen molar-refractivity contribution in [3.05, 3.63) is 69.2 Å². The highest BCUT2D eigenvalue weighted by atomic mass is 79.9. The first-order chi connectivity index (χ1) is 13.3. The molecule has 0 aliphatic heterocycles. The van der Waals surface area contributed by atoms with Gasteiger partial charge in [-0.05, 0) is 35.9 Å². The highest BCUT2D eigenvalue weighted by Gasteiger charge is 2.37. The summed E-state index contributed by atoms with van der Waals surface area (Å²) >= 11 is 3.18. The van der Waals surface area contributed by atoms with Crippen LogP contribution < -0.4 is 5.32 Å².